The number of hydrogen-bond acceptors (Lipinski definition) is 1. The van der Waals surface area contributed by atoms with E-state index in [9.17, 15) is 0 Å². The van der Waals surface area contributed by atoms with Gasteiger partial charge in [0, 0.05) is 23.6 Å². The molecule has 0 aliphatic heterocycles. The summed E-state index contributed by atoms with van der Waals surface area (Å²) in [7, 11) is 0. The third kappa shape index (κ3) is 2.65. The number of para-hydroxylation sites is 1. The first-order valence-electron chi connectivity index (χ1n) is 8.06. The minimum absolute atomic E-state index is 0.170. The van der Waals surface area contributed by atoms with Gasteiger partial charge in [-0.3, -0.25) is 0 Å². The molecule has 112 valence electrons. The highest BCUT2D eigenvalue weighted by molar-refractivity contribution is 5.46. The molecule has 0 saturated carbocycles. The first kappa shape index (κ1) is 14.4. The molecule has 0 bridgehead atoms. The van der Waals surface area contributed by atoms with Crippen LogP contribution in [0.3, 0.4) is 0 Å². The van der Waals surface area contributed by atoms with Gasteiger partial charge in [-0.25, -0.2) is 0 Å². The van der Waals surface area contributed by atoms with Crippen LogP contribution >= 0.6 is 0 Å². The molecule has 0 amide bonds. The van der Waals surface area contributed by atoms with Crippen molar-refractivity contribution in [2.45, 2.75) is 52.5 Å². The molecule has 1 aromatic heterocycles. The number of hydrogen-bond donors (Lipinski definition) is 1. The largest absolute Gasteiger partial charge is 0.324 e. The molecule has 2 aromatic rings. The summed E-state index contributed by atoms with van der Waals surface area (Å²) in [5.74, 6) is 0. The summed E-state index contributed by atoms with van der Waals surface area (Å²) < 4.78 is 2.38. The molecule has 1 aromatic carbocycles. The molecule has 0 saturated heterocycles. The fourth-order valence-corrected chi connectivity index (χ4v) is 3.69. The van der Waals surface area contributed by atoms with Gasteiger partial charge in [-0.2, -0.15) is 0 Å². The molecule has 0 spiro atoms. The highest BCUT2D eigenvalue weighted by Gasteiger charge is 2.32. The van der Waals surface area contributed by atoms with Gasteiger partial charge in [0.1, 0.15) is 0 Å². The second-order valence-electron chi connectivity index (χ2n) is 7.12. The van der Waals surface area contributed by atoms with Gasteiger partial charge in [0.05, 0.1) is 0 Å². The van der Waals surface area contributed by atoms with Gasteiger partial charge < -0.3 is 10.3 Å². The lowest BCUT2D eigenvalue weighted by atomic mass is 9.74. The predicted octanol–water partition coefficient (Wildman–Crippen LogP) is 4.40. The Kier molecular flexibility index (Phi) is 3.66. The lowest BCUT2D eigenvalue weighted by Gasteiger charge is -2.34. The Morgan fingerprint density at radius 1 is 1.24 bits per heavy atom. The van der Waals surface area contributed by atoms with Crippen LogP contribution < -0.4 is 5.73 Å². The molecule has 1 heterocycles. The van der Waals surface area contributed by atoms with Gasteiger partial charge in [0.2, 0.25) is 0 Å². The number of aromatic nitrogens is 1. The summed E-state index contributed by atoms with van der Waals surface area (Å²) in [5, 5.41) is 0. The summed E-state index contributed by atoms with van der Waals surface area (Å²) in [5.41, 5.74) is 12.2. The van der Waals surface area contributed by atoms with Gasteiger partial charge in [0.25, 0.3) is 0 Å². The number of fused-ring (bicyclic) bond motifs is 1. The average Bonchev–Trinajstić information content (AvgIpc) is 2.82. The van der Waals surface area contributed by atoms with E-state index in [1.165, 1.54) is 28.9 Å². The molecule has 1 aliphatic carbocycles. The van der Waals surface area contributed by atoms with Crippen molar-refractivity contribution in [2.75, 3.05) is 0 Å². The Morgan fingerprint density at radius 2 is 2.00 bits per heavy atom. The summed E-state index contributed by atoms with van der Waals surface area (Å²) in [4.78, 5) is 0. The van der Waals surface area contributed by atoms with E-state index in [0.29, 0.717) is 0 Å². The summed E-state index contributed by atoms with van der Waals surface area (Å²) in [6.07, 6.45) is 6.68. The standard InChI is InChI=1S/C19H26N2/c1-4-7-14-8-5-6-9-17(14)21-11-10-15-16(20)12-19(2,3)13-18(15)21/h5-6,8-11,16H,4,7,12-13,20H2,1-3H3. The highest BCUT2D eigenvalue weighted by Crippen LogP contribution is 2.41. The molecule has 1 atom stereocenters. The Balaban J connectivity index is 2.10. The van der Waals surface area contributed by atoms with Gasteiger partial charge in [-0.1, -0.05) is 45.4 Å². The van der Waals surface area contributed by atoms with E-state index in [1.54, 1.807) is 0 Å². The normalized spacial score (nSPS) is 20.3. The van der Waals surface area contributed by atoms with Crippen LogP contribution in [0.1, 0.15) is 56.5 Å². The third-order valence-electron chi connectivity index (χ3n) is 4.62. The minimum atomic E-state index is 0.170. The van der Waals surface area contributed by atoms with Gasteiger partial charge in [0.15, 0.2) is 0 Å². The van der Waals surface area contributed by atoms with Crippen LogP contribution in [0.15, 0.2) is 36.5 Å². The minimum Gasteiger partial charge on any atom is -0.324 e. The van der Waals surface area contributed by atoms with Crippen molar-refractivity contribution in [3.8, 4) is 5.69 Å². The van der Waals surface area contributed by atoms with Crippen molar-refractivity contribution in [3.63, 3.8) is 0 Å². The van der Waals surface area contributed by atoms with Crippen LogP contribution in [0.25, 0.3) is 5.69 Å². The fraction of sp³-hybridized carbons (Fsp3) is 0.474. The van der Waals surface area contributed by atoms with Crippen molar-refractivity contribution < 1.29 is 0 Å². The summed E-state index contributed by atoms with van der Waals surface area (Å²) in [6, 6.07) is 11.1. The van der Waals surface area contributed by atoms with E-state index in [4.69, 9.17) is 5.73 Å². The van der Waals surface area contributed by atoms with Crippen molar-refractivity contribution in [2.24, 2.45) is 11.1 Å². The van der Waals surface area contributed by atoms with E-state index in [1.807, 2.05) is 0 Å². The maximum Gasteiger partial charge on any atom is 0.0484 e. The second kappa shape index (κ2) is 5.34. The van der Waals surface area contributed by atoms with Crippen LogP contribution in [0.2, 0.25) is 0 Å². The molecule has 0 radical (unpaired) electrons. The molecule has 2 N–H and O–H groups in total. The van der Waals surface area contributed by atoms with E-state index >= 15 is 0 Å². The van der Waals surface area contributed by atoms with Gasteiger partial charge >= 0.3 is 0 Å². The highest BCUT2D eigenvalue weighted by atomic mass is 15.0. The molecule has 1 unspecified atom stereocenters. The van der Waals surface area contributed by atoms with E-state index in [-0.39, 0.29) is 11.5 Å². The molecule has 21 heavy (non-hydrogen) atoms. The van der Waals surface area contributed by atoms with E-state index < -0.39 is 0 Å². The summed E-state index contributed by atoms with van der Waals surface area (Å²) >= 11 is 0. The van der Waals surface area contributed by atoms with Crippen molar-refractivity contribution in [3.05, 3.63) is 53.3 Å². The van der Waals surface area contributed by atoms with Crippen molar-refractivity contribution >= 4 is 0 Å². The Labute approximate surface area is 128 Å². The molecule has 2 nitrogen and oxygen atoms in total. The van der Waals surface area contributed by atoms with Crippen LogP contribution in [0.5, 0.6) is 0 Å². The quantitative estimate of drug-likeness (QED) is 0.888. The number of nitrogens with zero attached hydrogens (tertiary/aromatic N) is 1. The number of aryl methyl sites for hydroxylation is 1. The first-order chi connectivity index (χ1) is 10.0. The molecular weight excluding hydrogens is 256 g/mol. The zero-order valence-corrected chi connectivity index (χ0v) is 13.4. The van der Waals surface area contributed by atoms with Crippen LogP contribution in [0, 0.1) is 5.41 Å². The zero-order chi connectivity index (χ0) is 15.0. The Morgan fingerprint density at radius 3 is 2.76 bits per heavy atom. The SMILES string of the molecule is CCCc1ccccc1-n1ccc2c1CC(C)(C)CC2N. The van der Waals surface area contributed by atoms with Crippen molar-refractivity contribution in [1.29, 1.82) is 0 Å². The van der Waals surface area contributed by atoms with Crippen LogP contribution in [-0.2, 0) is 12.8 Å². The zero-order valence-electron chi connectivity index (χ0n) is 13.4. The molecule has 0 fully saturated rings. The lowest BCUT2D eigenvalue weighted by molar-refractivity contribution is 0.278. The Hall–Kier alpha value is -1.54. The smallest absolute Gasteiger partial charge is 0.0484 e. The first-order valence-corrected chi connectivity index (χ1v) is 8.06. The van der Waals surface area contributed by atoms with Crippen LogP contribution in [0.4, 0.5) is 0 Å². The van der Waals surface area contributed by atoms with Gasteiger partial charge in [-0.15, -0.1) is 0 Å². The average molecular weight is 282 g/mol. The van der Waals surface area contributed by atoms with Crippen LogP contribution in [-0.4, -0.2) is 4.57 Å². The Bertz CT molecular complexity index is 637. The number of rotatable bonds is 3. The molecule has 3 rings (SSSR count). The number of nitrogens with two attached hydrogens (primary N) is 1. The number of benzene rings is 1. The maximum atomic E-state index is 6.40. The predicted molar refractivity (Wildman–Crippen MR) is 88.8 cm³/mol. The third-order valence-corrected chi connectivity index (χ3v) is 4.62. The second-order valence-corrected chi connectivity index (χ2v) is 7.12. The van der Waals surface area contributed by atoms with E-state index in [0.717, 1.165) is 19.3 Å². The van der Waals surface area contributed by atoms with E-state index in [2.05, 4.69) is 61.9 Å². The fourth-order valence-electron chi connectivity index (χ4n) is 3.69. The monoisotopic (exact) mass is 282 g/mol. The molecular formula is C19H26N2. The molecule has 2 heteroatoms. The molecule has 1 aliphatic rings. The van der Waals surface area contributed by atoms with Gasteiger partial charge in [-0.05, 0) is 47.9 Å². The van der Waals surface area contributed by atoms with Crippen molar-refractivity contribution in [1.82, 2.24) is 4.57 Å². The topological polar surface area (TPSA) is 30.9 Å². The lowest BCUT2D eigenvalue weighted by Crippen LogP contribution is -2.30. The maximum absolute atomic E-state index is 6.40. The summed E-state index contributed by atoms with van der Waals surface area (Å²) in [6.45, 7) is 6.89.